The van der Waals surface area contributed by atoms with Crippen LogP contribution in [0.4, 0.5) is 10.5 Å². The molecule has 1 aliphatic rings. The van der Waals surface area contributed by atoms with Crippen LogP contribution in [-0.4, -0.2) is 22.6 Å². The lowest BCUT2D eigenvalue weighted by Gasteiger charge is -2.23. The average Bonchev–Trinajstić information content (AvgIpc) is 3.18. The third-order valence-electron chi connectivity index (χ3n) is 4.73. The van der Waals surface area contributed by atoms with E-state index in [4.69, 9.17) is 4.52 Å². The molecule has 0 aliphatic carbocycles. The Hall–Kier alpha value is -2.30. The molecule has 1 aromatic heterocycles. The van der Waals surface area contributed by atoms with Crippen molar-refractivity contribution in [2.24, 2.45) is 0 Å². The summed E-state index contributed by atoms with van der Waals surface area (Å²) in [5, 5.41) is 7.20. The van der Waals surface area contributed by atoms with Gasteiger partial charge in [0.05, 0.1) is 6.04 Å². The van der Waals surface area contributed by atoms with E-state index < -0.39 is 0 Å². The van der Waals surface area contributed by atoms with Gasteiger partial charge in [-0.15, -0.1) is 0 Å². The molecule has 1 aliphatic heterocycles. The van der Waals surface area contributed by atoms with Crippen molar-refractivity contribution in [3.8, 4) is 0 Å². The molecule has 0 radical (unpaired) electrons. The number of likely N-dealkylation sites (tertiary alicyclic amines) is 1. The van der Waals surface area contributed by atoms with Gasteiger partial charge in [-0.05, 0) is 49.9 Å². The summed E-state index contributed by atoms with van der Waals surface area (Å²) in [5.74, 6) is 1.16. The van der Waals surface area contributed by atoms with Gasteiger partial charge in [-0.2, -0.15) is 0 Å². The monoisotopic (exact) mass is 327 g/mol. The summed E-state index contributed by atoms with van der Waals surface area (Å²) in [6.45, 7) is 9.00. The Labute approximate surface area is 143 Å². The lowest BCUT2D eigenvalue weighted by Crippen LogP contribution is -2.34. The molecule has 2 heterocycles. The smallest absolute Gasteiger partial charge is 0.322 e. The zero-order valence-electron chi connectivity index (χ0n) is 14.8. The zero-order valence-corrected chi connectivity index (χ0v) is 14.8. The van der Waals surface area contributed by atoms with Gasteiger partial charge in [0.2, 0.25) is 0 Å². The summed E-state index contributed by atoms with van der Waals surface area (Å²) in [6, 6.07) is 7.88. The molecule has 0 spiro atoms. The molecule has 5 nitrogen and oxygen atoms in total. The Morgan fingerprint density at radius 2 is 2.08 bits per heavy atom. The molecule has 0 bridgehead atoms. The first-order chi connectivity index (χ1) is 11.5. The highest BCUT2D eigenvalue weighted by Gasteiger charge is 2.32. The Morgan fingerprint density at radius 3 is 2.75 bits per heavy atom. The molecule has 1 fully saturated rings. The van der Waals surface area contributed by atoms with E-state index in [1.54, 1.807) is 0 Å². The predicted octanol–water partition coefficient (Wildman–Crippen LogP) is 4.78. The predicted molar refractivity (Wildman–Crippen MR) is 94.2 cm³/mol. The van der Waals surface area contributed by atoms with E-state index in [2.05, 4.69) is 31.2 Å². The van der Waals surface area contributed by atoms with Crippen LogP contribution in [0.15, 0.2) is 28.8 Å². The molecule has 1 aromatic carbocycles. The van der Waals surface area contributed by atoms with Crippen LogP contribution in [0.3, 0.4) is 0 Å². The highest BCUT2D eigenvalue weighted by Crippen LogP contribution is 2.33. The van der Waals surface area contributed by atoms with Crippen LogP contribution in [0.5, 0.6) is 0 Å². The van der Waals surface area contributed by atoms with Gasteiger partial charge in [0.15, 0.2) is 0 Å². The molecular formula is C19H25N3O2. The molecule has 0 saturated carbocycles. The van der Waals surface area contributed by atoms with Crippen LogP contribution in [0.25, 0.3) is 0 Å². The van der Waals surface area contributed by atoms with Crippen molar-refractivity contribution in [1.29, 1.82) is 0 Å². The molecule has 1 saturated heterocycles. The summed E-state index contributed by atoms with van der Waals surface area (Å²) < 4.78 is 5.41. The topological polar surface area (TPSA) is 58.4 Å². The normalized spacial score (nSPS) is 17.5. The maximum absolute atomic E-state index is 12.7. The minimum absolute atomic E-state index is 0.00667. The second-order valence-electron chi connectivity index (χ2n) is 6.89. The Kier molecular flexibility index (Phi) is 4.60. The number of hydrogen-bond donors (Lipinski definition) is 1. The number of carbonyl (C=O) groups is 1. The maximum atomic E-state index is 12.7. The van der Waals surface area contributed by atoms with Gasteiger partial charge in [-0.25, -0.2) is 4.79 Å². The number of nitrogens with one attached hydrogen (secondary N) is 1. The van der Waals surface area contributed by atoms with Crippen molar-refractivity contribution in [3.63, 3.8) is 0 Å². The average molecular weight is 327 g/mol. The van der Waals surface area contributed by atoms with Crippen molar-refractivity contribution in [2.75, 3.05) is 11.9 Å². The Morgan fingerprint density at radius 1 is 1.29 bits per heavy atom. The number of nitrogens with zero attached hydrogens (tertiary/aromatic N) is 2. The van der Waals surface area contributed by atoms with E-state index in [0.717, 1.165) is 36.5 Å². The van der Waals surface area contributed by atoms with Crippen molar-refractivity contribution in [3.05, 3.63) is 46.8 Å². The van der Waals surface area contributed by atoms with Crippen LogP contribution >= 0.6 is 0 Å². The largest absolute Gasteiger partial charge is 0.361 e. The fraction of sp³-hybridized carbons (Fsp3) is 0.474. The number of rotatable bonds is 3. The maximum Gasteiger partial charge on any atom is 0.322 e. The number of hydrogen-bond acceptors (Lipinski definition) is 3. The third-order valence-corrected chi connectivity index (χ3v) is 4.73. The summed E-state index contributed by atoms with van der Waals surface area (Å²) >= 11 is 0. The van der Waals surface area contributed by atoms with Gasteiger partial charge in [-0.1, -0.05) is 25.1 Å². The number of urea groups is 1. The molecule has 24 heavy (non-hydrogen) atoms. The van der Waals surface area contributed by atoms with Gasteiger partial charge in [0.1, 0.15) is 11.5 Å². The highest BCUT2D eigenvalue weighted by molar-refractivity contribution is 5.90. The summed E-state index contributed by atoms with van der Waals surface area (Å²) in [5.41, 5.74) is 4.07. The van der Waals surface area contributed by atoms with E-state index in [0.29, 0.717) is 5.92 Å². The standard InChI is InChI=1S/C19H25N3O2/c1-12(2)18-11-16(21-24-18)17-6-5-9-22(17)19(23)20-15-8-7-13(3)14(4)10-15/h7-8,10-12,17H,5-6,9H2,1-4H3,(H,20,23)/t17-/m1/s1. The summed E-state index contributed by atoms with van der Waals surface area (Å²) in [4.78, 5) is 14.6. The Balaban J connectivity index is 1.74. The second-order valence-corrected chi connectivity index (χ2v) is 6.89. The fourth-order valence-electron chi connectivity index (χ4n) is 3.06. The summed E-state index contributed by atoms with van der Waals surface area (Å²) in [7, 11) is 0. The Bertz CT molecular complexity index is 736. The number of benzene rings is 1. The van der Waals surface area contributed by atoms with Gasteiger partial charge in [-0.3, -0.25) is 0 Å². The van der Waals surface area contributed by atoms with E-state index >= 15 is 0 Å². The minimum atomic E-state index is -0.0742. The zero-order chi connectivity index (χ0) is 17.3. The molecule has 0 unspecified atom stereocenters. The molecular weight excluding hydrogens is 302 g/mol. The van der Waals surface area contributed by atoms with Crippen LogP contribution in [-0.2, 0) is 0 Å². The number of anilines is 1. The minimum Gasteiger partial charge on any atom is -0.361 e. The quantitative estimate of drug-likeness (QED) is 0.882. The van der Waals surface area contributed by atoms with Crippen LogP contribution in [0, 0.1) is 13.8 Å². The van der Waals surface area contributed by atoms with Crippen LogP contribution in [0.2, 0.25) is 0 Å². The van der Waals surface area contributed by atoms with Gasteiger partial charge >= 0.3 is 6.03 Å². The van der Waals surface area contributed by atoms with Gasteiger partial charge in [0.25, 0.3) is 0 Å². The van der Waals surface area contributed by atoms with E-state index in [1.807, 2.05) is 36.1 Å². The first-order valence-corrected chi connectivity index (χ1v) is 8.57. The highest BCUT2D eigenvalue weighted by atomic mass is 16.5. The van der Waals surface area contributed by atoms with Crippen molar-refractivity contribution >= 4 is 11.7 Å². The third kappa shape index (κ3) is 3.30. The fourth-order valence-corrected chi connectivity index (χ4v) is 3.06. The lowest BCUT2D eigenvalue weighted by atomic mass is 10.1. The molecule has 128 valence electrons. The van der Waals surface area contributed by atoms with Gasteiger partial charge < -0.3 is 14.7 Å². The van der Waals surface area contributed by atoms with E-state index in [-0.39, 0.29) is 12.1 Å². The number of carbonyl (C=O) groups excluding carboxylic acids is 1. The second kappa shape index (κ2) is 6.67. The first kappa shape index (κ1) is 16.6. The molecule has 3 rings (SSSR count). The number of aromatic nitrogens is 1. The molecule has 1 N–H and O–H groups in total. The van der Waals surface area contributed by atoms with Crippen molar-refractivity contribution in [1.82, 2.24) is 10.1 Å². The number of amides is 2. The van der Waals surface area contributed by atoms with Crippen LogP contribution in [0.1, 0.15) is 61.2 Å². The van der Waals surface area contributed by atoms with E-state index in [1.165, 1.54) is 11.1 Å². The molecule has 1 atom stereocenters. The van der Waals surface area contributed by atoms with Crippen molar-refractivity contribution in [2.45, 2.75) is 52.5 Å². The molecule has 2 amide bonds. The van der Waals surface area contributed by atoms with E-state index in [9.17, 15) is 4.79 Å². The van der Waals surface area contributed by atoms with Gasteiger partial charge in [0, 0.05) is 24.2 Å². The van der Waals surface area contributed by atoms with Crippen LogP contribution < -0.4 is 5.32 Å². The molecule has 2 aromatic rings. The number of aryl methyl sites for hydroxylation is 2. The first-order valence-electron chi connectivity index (χ1n) is 8.57. The summed E-state index contributed by atoms with van der Waals surface area (Å²) in [6.07, 6.45) is 1.90. The lowest BCUT2D eigenvalue weighted by molar-refractivity contribution is 0.204. The SMILES string of the molecule is Cc1ccc(NC(=O)N2CCC[C@@H]2c2cc(C(C)C)on2)cc1C. The van der Waals surface area contributed by atoms with Crippen molar-refractivity contribution < 1.29 is 9.32 Å². The molecule has 5 heteroatoms.